The molecule has 0 aliphatic rings. The van der Waals surface area contributed by atoms with E-state index in [2.05, 4.69) is 5.32 Å². The molecule has 0 fully saturated rings. The van der Waals surface area contributed by atoms with Crippen molar-refractivity contribution in [2.24, 2.45) is 0 Å². The van der Waals surface area contributed by atoms with E-state index in [0.29, 0.717) is 11.3 Å². The van der Waals surface area contributed by atoms with Gasteiger partial charge in [-0.1, -0.05) is 12.1 Å². The van der Waals surface area contributed by atoms with Crippen molar-refractivity contribution in [2.75, 3.05) is 38.0 Å². The molecule has 3 rings (SSSR count). The second kappa shape index (κ2) is 10.6. The first-order valence-electron chi connectivity index (χ1n) is 10.0. The van der Waals surface area contributed by atoms with Crippen LogP contribution in [0.4, 0.5) is 15.8 Å². The van der Waals surface area contributed by atoms with Gasteiger partial charge < -0.3 is 24.3 Å². The zero-order chi connectivity index (χ0) is 23.1. The lowest BCUT2D eigenvalue weighted by molar-refractivity contribution is -0.136. The molecule has 1 N–H and O–H groups in total. The Hall–Kier alpha value is -3.65. The highest BCUT2D eigenvalue weighted by Crippen LogP contribution is 2.26. The van der Waals surface area contributed by atoms with E-state index >= 15 is 0 Å². The van der Waals surface area contributed by atoms with Gasteiger partial charge in [0, 0.05) is 45.7 Å². The molecule has 1 heterocycles. The van der Waals surface area contributed by atoms with Gasteiger partial charge in [-0.2, -0.15) is 0 Å². The number of carbonyl (C=O) groups is 2. The molecule has 0 aliphatic carbocycles. The third-order valence-corrected chi connectivity index (χ3v) is 4.81. The van der Waals surface area contributed by atoms with Crippen molar-refractivity contribution >= 4 is 23.2 Å². The number of methoxy groups -OCH3 is 1. The van der Waals surface area contributed by atoms with E-state index in [1.165, 1.54) is 25.5 Å². The van der Waals surface area contributed by atoms with Crippen LogP contribution in [0.1, 0.15) is 21.7 Å². The molecule has 7 nitrogen and oxygen atoms in total. The number of nitrogens with one attached hydrogen (secondary N) is 1. The zero-order valence-electron chi connectivity index (χ0n) is 18.3. The molecule has 0 saturated carbocycles. The summed E-state index contributed by atoms with van der Waals surface area (Å²) < 4.78 is 23.8. The summed E-state index contributed by atoms with van der Waals surface area (Å²) in [5.41, 5.74) is 2.93. The Bertz CT molecular complexity index is 1070. The Balaban J connectivity index is 1.88. The van der Waals surface area contributed by atoms with E-state index in [-0.39, 0.29) is 43.1 Å². The normalized spacial score (nSPS) is 10.6. The van der Waals surface area contributed by atoms with E-state index in [1.54, 1.807) is 35.2 Å². The van der Waals surface area contributed by atoms with Gasteiger partial charge in [0.15, 0.2) is 5.76 Å². The van der Waals surface area contributed by atoms with E-state index in [9.17, 15) is 14.0 Å². The summed E-state index contributed by atoms with van der Waals surface area (Å²) in [4.78, 5) is 28.6. The van der Waals surface area contributed by atoms with Crippen LogP contribution in [0.3, 0.4) is 0 Å². The van der Waals surface area contributed by atoms with Gasteiger partial charge >= 0.3 is 0 Å². The van der Waals surface area contributed by atoms with Gasteiger partial charge in [0.05, 0.1) is 6.26 Å². The van der Waals surface area contributed by atoms with Gasteiger partial charge in [-0.25, -0.2) is 4.39 Å². The number of hydrogen-bond acceptors (Lipinski definition) is 5. The molecule has 168 valence electrons. The van der Waals surface area contributed by atoms with Crippen molar-refractivity contribution in [1.29, 1.82) is 0 Å². The summed E-state index contributed by atoms with van der Waals surface area (Å²) in [6.45, 7) is 0.369. The maximum atomic E-state index is 13.7. The Labute approximate surface area is 186 Å². The molecule has 0 saturated heterocycles. The highest BCUT2D eigenvalue weighted by atomic mass is 19.1. The maximum Gasteiger partial charge on any atom is 0.291 e. The first-order chi connectivity index (χ1) is 15.4. The molecule has 2 aromatic carbocycles. The SMILES string of the molecule is COCC(=O)N(Cc1cccc(F)c1)Cc1cc(NC(=O)c2ccco2)ccc1N(C)C. The van der Waals surface area contributed by atoms with Crippen LogP contribution in [-0.2, 0) is 22.6 Å². The predicted octanol–water partition coefficient (Wildman–Crippen LogP) is 3.91. The highest BCUT2D eigenvalue weighted by molar-refractivity contribution is 6.02. The minimum atomic E-state index is -0.370. The molecule has 0 spiro atoms. The van der Waals surface area contributed by atoms with Gasteiger partial charge in [0.25, 0.3) is 5.91 Å². The second-order valence-corrected chi connectivity index (χ2v) is 7.48. The lowest BCUT2D eigenvalue weighted by Gasteiger charge is -2.26. The van der Waals surface area contributed by atoms with E-state index in [1.807, 2.05) is 31.1 Å². The number of furan rings is 1. The number of hydrogen-bond donors (Lipinski definition) is 1. The number of anilines is 2. The number of benzene rings is 2. The van der Waals surface area contributed by atoms with Crippen molar-refractivity contribution in [2.45, 2.75) is 13.1 Å². The van der Waals surface area contributed by atoms with Crippen LogP contribution in [-0.4, -0.2) is 44.5 Å². The van der Waals surface area contributed by atoms with Crippen molar-refractivity contribution in [3.63, 3.8) is 0 Å². The van der Waals surface area contributed by atoms with Crippen LogP contribution in [0.25, 0.3) is 0 Å². The molecule has 1 aromatic heterocycles. The first kappa shape index (κ1) is 23.0. The van der Waals surface area contributed by atoms with Crippen LogP contribution in [0, 0.1) is 5.82 Å². The van der Waals surface area contributed by atoms with Gasteiger partial charge in [0.2, 0.25) is 5.91 Å². The fraction of sp³-hybridized carbons (Fsp3) is 0.250. The van der Waals surface area contributed by atoms with E-state index in [0.717, 1.165) is 11.3 Å². The fourth-order valence-corrected chi connectivity index (χ4v) is 3.33. The Morgan fingerprint density at radius 1 is 1.06 bits per heavy atom. The molecule has 8 heteroatoms. The van der Waals surface area contributed by atoms with Crippen molar-refractivity contribution in [1.82, 2.24) is 4.90 Å². The number of ether oxygens (including phenoxy) is 1. The van der Waals surface area contributed by atoms with Gasteiger partial charge in [0.1, 0.15) is 12.4 Å². The third-order valence-electron chi connectivity index (χ3n) is 4.81. The molecule has 0 unspecified atom stereocenters. The lowest BCUT2D eigenvalue weighted by atomic mass is 10.1. The van der Waals surface area contributed by atoms with Crippen LogP contribution >= 0.6 is 0 Å². The summed E-state index contributed by atoms with van der Waals surface area (Å²) >= 11 is 0. The summed E-state index contributed by atoms with van der Waals surface area (Å²) in [6, 6.07) is 14.8. The summed E-state index contributed by atoms with van der Waals surface area (Å²) in [6.07, 6.45) is 1.43. The van der Waals surface area contributed by atoms with Crippen LogP contribution in [0.5, 0.6) is 0 Å². The predicted molar refractivity (Wildman–Crippen MR) is 120 cm³/mol. The quantitative estimate of drug-likeness (QED) is 0.547. The zero-order valence-corrected chi connectivity index (χ0v) is 18.3. The van der Waals surface area contributed by atoms with Gasteiger partial charge in [-0.05, 0) is 53.6 Å². The molecule has 32 heavy (non-hydrogen) atoms. The standard InChI is InChI=1S/C24H26FN3O4/c1-27(2)21-10-9-20(26-24(30)22-8-5-11-32-22)13-18(21)15-28(23(29)16-31-3)14-17-6-4-7-19(25)12-17/h4-13H,14-16H2,1-3H3,(H,26,30). The van der Waals surface area contributed by atoms with E-state index < -0.39 is 0 Å². The molecule has 0 radical (unpaired) electrons. The van der Waals surface area contributed by atoms with Crippen LogP contribution < -0.4 is 10.2 Å². The molecule has 0 bridgehead atoms. The number of nitrogens with zero attached hydrogens (tertiary/aromatic N) is 2. The Kier molecular flexibility index (Phi) is 7.62. The second-order valence-electron chi connectivity index (χ2n) is 7.48. The lowest BCUT2D eigenvalue weighted by Crippen LogP contribution is -2.33. The molecule has 0 aliphatic heterocycles. The number of amides is 2. The van der Waals surface area contributed by atoms with Crippen LogP contribution in [0.15, 0.2) is 65.3 Å². The molecule has 3 aromatic rings. The first-order valence-corrected chi connectivity index (χ1v) is 10.0. The Morgan fingerprint density at radius 3 is 2.53 bits per heavy atom. The fourth-order valence-electron chi connectivity index (χ4n) is 3.33. The maximum absolute atomic E-state index is 13.7. The molecular formula is C24H26FN3O4. The monoisotopic (exact) mass is 439 g/mol. The largest absolute Gasteiger partial charge is 0.459 e. The smallest absolute Gasteiger partial charge is 0.291 e. The number of halogens is 1. The van der Waals surface area contributed by atoms with E-state index in [4.69, 9.17) is 9.15 Å². The average Bonchev–Trinajstić information content (AvgIpc) is 3.28. The number of carbonyl (C=O) groups excluding carboxylic acids is 2. The molecular weight excluding hydrogens is 413 g/mol. The van der Waals surface area contributed by atoms with Gasteiger partial charge in [-0.15, -0.1) is 0 Å². The minimum absolute atomic E-state index is 0.0957. The summed E-state index contributed by atoms with van der Waals surface area (Å²) in [5, 5.41) is 2.81. The number of rotatable bonds is 9. The third kappa shape index (κ3) is 5.95. The Morgan fingerprint density at radius 2 is 1.88 bits per heavy atom. The highest BCUT2D eigenvalue weighted by Gasteiger charge is 2.18. The minimum Gasteiger partial charge on any atom is -0.459 e. The van der Waals surface area contributed by atoms with Crippen molar-refractivity contribution in [3.05, 3.63) is 83.6 Å². The van der Waals surface area contributed by atoms with Gasteiger partial charge in [-0.3, -0.25) is 9.59 Å². The summed E-state index contributed by atoms with van der Waals surface area (Å²) in [7, 11) is 5.25. The molecule has 2 amide bonds. The topological polar surface area (TPSA) is 75.0 Å². The summed E-state index contributed by atoms with van der Waals surface area (Å²) in [5.74, 6) is -0.762. The van der Waals surface area contributed by atoms with Crippen molar-refractivity contribution in [3.8, 4) is 0 Å². The molecule has 0 atom stereocenters. The average molecular weight is 439 g/mol. The van der Waals surface area contributed by atoms with Crippen LogP contribution in [0.2, 0.25) is 0 Å². The van der Waals surface area contributed by atoms with Crippen molar-refractivity contribution < 1.29 is 23.1 Å².